The molecule has 0 fully saturated rings. The summed E-state index contributed by atoms with van der Waals surface area (Å²) in [6.07, 6.45) is 5.10. The van der Waals surface area contributed by atoms with Crippen LogP contribution in [0.3, 0.4) is 0 Å². The monoisotopic (exact) mass is 384 g/mol. The second-order valence-corrected chi connectivity index (χ2v) is 7.72. The van der Waals surface area contributed by atoms with Crippen molar-refractivity contribution in [3.8, 4) is 17.1 Å². The van der Waals surface area contributed by atoms with Gasteiger partial charge in [0.15, 0.2) is 5.82 Å². The standard InChI is InChI=1S/C24H24N4O/c1-16-3-5-17(6-4-16)24-26-12-18-9-10-28(15-23(18)27-24)14-19-13-25-22-8-7-20(29-2)11-21(19)22/h3-8,11-13,25H,9-10,14-15H2,1-2H3. The van der Waals surface area contributed by atoms with Gasteiger partial charge in [-0.05, 0) is 42.7 Å². The summed E-state index contributed by atoms with van der Waals surface area (Å²) in [6, 6.07) is 14.6. The predicted molar refractivity (Wildman–Crippen MR) is 115 cm³/mol. The highest BCUT2D eigenvalue weighted by atomic mass is 16.5. The van der Waals surface area contributed by atoms with Gasteiger partial charge in [-0.3, -0.25) is 4.90 Å². The molecule has 2 aromatic carbocycles. The number of aromatic nitrogens is 3. The molecule has 0 saturated heterocycles. The lowest BCUT2D eigenvalue weighted by Crippen LogP contribution is -2.31. The van der Waals surface area contributed by atoms with E-state index in [9.17, 15) is 0 Å². The molecule has 2 aromatic heterocycles. The number of methoxy groups -OCH3 is 1. The summed E-state index contributed by atoms with van der Waals surface area (Å²) in [5, 5.41) is 1.22. The lowest BCUT2D eigenvalue weighted by Gasteiger charge is -2.27. The number of fused-ring (bicyclic) bond motifs is 2. The Morgan fingerprint density at radius 1 is 1.14 bits per heavy atom. The summed E-state index contributed by atoms with van der Waals surface area (Å²) in [6.45, 7) is 4.83. The molecule has 5 nitrogen and oxygen atoms in total. The lowest BCUT2D eigenvalue weighted by molar-refractivity contribution is 0.242. The van der Waals surface area contributed by atoms with Crippen LogP contribution in [0, 0.1) is 6.92 Å². The SMILES string of the molecule is COc1ccc2[nH]cc(CN3CCc4cnc(-c5ccc(C)cc5)nc4C3)c2c1. The quantitative estimate of drug-likeness (QED) is 0.563. The van der Waals surface area contributed by atoms with Crippen molar-refractivity contribution in [3.05, 3.63) is 77.2 Å². The molecule has 0 unspecified atom stereocenters. The third kappa shape index (κ3) is 3.49. The summed E-state index contributed by atoms with van der Waals surface area (Å²) in [5.41, 5.74) is 7.14. The van der Waals surface area contributed by atoms with Crippen LogP contribution in [0.25, 0.3) is 22.3 Å². The zero-order valence-electron chi connectivity index (χ0n) is 16.8. The molecule has 1 N–H and O–H groups in total. The molecule has 0 saturated carbocycles. The van der Waals surface area contributed by atoms with Crippen LogP contribution in [0.1, 0.15) is 22.4 Å². The molecule has 5 rings (SSSR count). The fraction of sp³-hybridized carbons (Fsp3) is 0.250. The zero-order chi connectivity index (χ0) is 19.8. The Morgan fingerprint density at radius 2 is 2.00 bits per heavy atom. The second-order valence-electron chi connectivity index (χ2n) is 7.72. The fourth-order valence-electron chi connectivity index (χ4n) is 3.99. The molecule has 0 radical (unpaired) electrons. The van der Waals surface area contributed by atoms with Crippen LogP contribution in [0.2, 0.25) is 0 Å². The van der Waals surface area contributed by atoms with Crippen molar-refractivity contribution in [3.63, 3.8) is 0 Å². The molecule has 1 aliphatic rings. The molecule has 4 aromatic rings. The average molecular weight is 384 g/mol. The molecule has 3 heterocycles. The molecule has 0 amide bonds. The van der Waals surface area contributed by atoms with Crippen molar-refractivity contribution in [2.75, 3.05) is 13.7 Å². The van der Waals surface area contributed by atoms with Crippen LogP contribution >= 0.6 is 0 Å². The van der Waals surface area contributed by atoms with E-state index in [1.807, 2.05) is 12.3 Å². The van der Waals surface area contributed by atoms with Gasteiger partial charge >= 0.3 is 0 Å². The Balaban J connectivity index is 1.39. The van der Waals surface area contributed by atoms with Gasteiger partial charge in [0.1, 0.15) is 5.75 Å². The minimum atomic E-state index is 0.808. The van der Waals surface area contributed by atoms with Gasteiger partial charge in [0.25, 0.3) is 0 Å². The summed E-state index contributed by atoms with van der Waals surface area (Å²) in [7, 11) is 1.71. The van der Waals surface area contributed by atoms with Gasteiger partial charge in [0.2, 0.25) is 0 Å². The molecule has 29 heavy (non-hydrogen) atoms. The molecular formula is C24H24N4O. The first-order chi connectivity index (χ1) is 14.2. The van der Waals surface area contributed by atoms with Gasteiger partial charge in [0, 0.05) is 48.5 Å². The van der Waals surface area contributed by atoms with E-state index in [1.165, 1.54) is 22.1 Å². The van der Waals surface area contributed by atoms with Gasteiger partial charge in [-0.2, -0.15) is 0 Å². The highest BCUT2D eigenvalue weighted by Crippen LogP contribution is 2.27. The van der Waals surface area contributed by atoms with E-state index in [4.69, 9.17) is 9.72 Å². The third-order valence-electron chi connectivity index (χ3n) is 5.70. The number of hydrogen-bond acceptors (Lipinski definition) is 4. The topological polar surface area (TPSA) is 54.0 Å². The second kappa shape index (κ2) is 7.33. The summed E-state index contributed by atoms with van der Waals surface area (Å²) in [4.78, 5) is 15.3. The normalized spacial score (nSPS) is 14.1. The maximum Gasteiger partial charge on any atom is 0.159 e. The Morgan fingerprint density at radius 3 is 2.83 bits per heavy atom. The average Bonchev–Trinajstić information content (AvgIpc) is 3.15. The number of H-pyrrole nitrogens is 1. The fourth-order valence-corrected chi connectivity index (χ4v) is 3.99. The number of nitrogens with zero attached hydrogens (tertiary/aromatic N) is 3. The lowest BCUT2D eigenvalue weighted by atomic mass is 10.0. The number of aryl methyl sites for hydroxylation is 1. The van der Waals surface area contributed by atoms with Crippen LogP contribution in [0.4, 0.5) is 0 Å². The first kappa shape index (κ1) is 17.9. The minimum absolute atomic E-state index is 0.808. The van der Waals surface area contributed by atoms with Crippen molar-refractivity contribution < 1.29 is 4.74 Å². The van der Waals surface area contributed by atoms with Gasteiger partial charge in [0.05, 0.1) is 12.8 Å². The molecule has 5 heteroatoms. The van der Waals surface area contributed by atoms with Crippen molar-refractivity contribution in [1.82, 2.24) is 19.9 Å². The van der Waals surface area contributed by atoms with Crippen molar-refractivity contribution in [2.24, 2.45) is 0 Å². The number of ether oxygens (including phenoxy) is 1. The van der Waals surface area contributed by atoms with E-state index >= 15 is 0 Å². The molecule has 1 aliphatic heterocycles. The zero-order valence-corrected chi connectivity index (χ0v) is 16.8. The highest BCUT2D eigenvalue weighted by molar-refractivity contribution is 5.84. The van der Waals surface area contributed by atoms with Gasteiger partial charge in [-0.15, -0.1) is 0 Å². The van der Waals surface area contributed by atoms with Crippen molar-refractivity contribution >= 4 is 10.9 Å². The van der Waals surface area contributed by atoms with E-state index in [-0.39, 0.29) is 0 Å². The van der Waals surface area contributed by atoms with Crippen LogP contribution in [-0.2, 0) is 19.5 Å². The number of aromatic amines is 1. The molecule has 0 atom stereocenters. The number of nitrogens with one attached hydrogen (secondary N) is 1. The van der Waals surface area contributed by atoms with Crippen LogP contribution in [0.5, 0.6) is 5.75 Å². The van der Waals surface area contributed by atoms with Crippen molar-refractivity contribution in [1.29, 1.82) is 0 Å². The minimum Gasteiger partial charge on any atom is -0.497 e. The molecule has 146 valence electrons. The molecule has 0 spiro atoms. The Labute approximate surface area is 170 Å². The Kier molecular flexibility index (Phi) is 4.52. The van der Waals surface area contributed by atoms with E-state index < -0.39 is 0 Å². The van der Waals surface area contributed by atoms with E-state index in [0.29, 0.717) is 0 Å². The van der Waals surface area contributed by atoms with E-state index in [0.717, 1.165) is 54.4 Å². The molecule has 0 bridgehead atoms. The van der Waals surface area contributed by atoms with Gasteiger partial charge in [-0.25, -0.2) is 9.97 Å². The van der Waals surface area contributed by atoms with Crippen LogP contribution < -0.4 is 4.74 Å². The van der Waals surface area contributed by atoms with E-state index in [1.54, 1.807) is 7.11 Å². The Hall–Kier alpha value is -3.18. The maximum absolute atomic E-state index is 5.40. The third-order valence-corrected chi connectivity index (χ3v) is 5.70. The Bertz CT molecular complexity index is 1160. The van der Waals surface area contributed by atoms with E-state index in [2.05, 4.69) is 64.4 Å². The smallest absolute Gasteiger partial charge is 0.159 e. The summed E-state index contributed by atoms with van der Waals surface area (Å²) < 4.78 is 5.40. The first-order valence-corrected chi connectivity index (χ1v) is 9.98. The maximum atomic E-state index is 5.40. The van der Waals surface area contributed by atoms with Crippen molar-refractivity contribution in [2.45, 2.75) is 26.4 Å². The summed E-state index contributed by atoms with van der Waals surface area (Å²) in [5.74, 6) is 1.69. The summed E-state index contributed by atoms with van der Waals surface area (Å²) >= 11 is 0. The first-order valence-electron chi connectivity index (χ1n) is 9.98. The molecular weight excluding hydrogens is 360 g/mol. The van der Waals surface area contributed by atoms with Crippen LogP contribution in [-0.4, -0.2) is 33.5 Å². The number of rotatable bonds is 4. The largest absolute Gasteiger partial charge is 0.497 e. The van der Waals surface area contributed by atoms with Crippen LogP contribution in [0.15, 0.2) is 54.9 Å². The highest BCUT2D eigenvalue weighted by Gasteiger charge is 2.20. The number of hydrogen-bond donors (Lipinski definition) is 1. The number of benzene rings is 2. The van der Waals surface area contributed by atoms with Gasteiger partial charge < -0.3 is 9.72 Å². The molecule has 0 aliphatic carbocycles. The van der Waals surface area contributed by atoms with Gasteiger partial charge in [-0.1, -0.05) is 29.8 Å². The predicted octanol–water partition coefficient (Wildman–Crippen LogP) is 4.50.